The predicted octanol–water partition coefficient (Wildman–Crippen LogP) is 4.76. The SMILES string of the molecule is O=C(O)O[C@@H]1CCCN(CCCCN(c2ccccc2)c2ccccc2)C1. The molecule has 144 valence electrons. The van der Waals surface area contributed by atoms with E-state index in [1.807, 2.05) is 12.1 Å². The van der Waals surface area contributed by atoms with E-state index in [2.05, 4.69) is 58.3 Å². The summed E-state index contributed by atoms with van der Waals surface area (Å²) in [5, 5.41) is 8.80. The van der Waals surface area contributed by atoms with Crippen LogP contribution in [0.5, 0.6) is 0 Å². The molecule has 0 unspecified atom stereocenters. The zero-order chi connectivity index (χ0) is 18.9. The van der Waals surface area contributed by atoms with Gasteiger partial charge in [-0.3, -0.25) is 4.90 Å². The summed E-state index contributed by atoms with van der Waals surface area (Å²) in [5.41, 5.74) is 2.41. The summed E-state index contributed by atoms with van der Waals surface area (Å²) in [6.45, 7) is 3.68. The minimum atomic E-state index is -1.16. The Bertz CT molecular complexity index is 654. The van der Waals surface area contributed by atoms with Crippen LogP contribution in [0, 0.1) is 0 Å². The number of hydrogen-bond donors (Lipinski definition) is 1. The standard InChI is InChI=1S/C22H28N2O3/c25-22(26)27-21-14-9-16-23(18-21)15-7-8-17-24(19-10-3-1-4-11-19)20-12-5-2-6-13-20/h1-6,10-13,21H,7-9,14-18H2,(H,25,26)/t21-/m1/s1. The summed E-state index contributed by atoms with van der Waals surface area (Å²) in [6, 6.07) is 20.9. The lowest BCUT2D eigenvalue weighted by Crippen LogP contribution is -2.40. The van der Waals surface area contributed by atoms with E-state index in [-0.39, 0.29) is 6.10 Å². The summed E-state index contributed by atoms with van der Waals surface area (Å²) < 4.78 is 4.95. The van der Waals surface area contributed by atoms with Gasteiger partial charge in [0.05, 0.1) is 0 Å². The smallest absolute Gasteiger partial charge is 0.450 e. The quantitative estimate of drug-likeness (QED) is 0.538. The van der Waals surface area contributed by atoms with Crippen molar-refractivity contribution in [3.63, 3.8) is 0 Å². The van der Waals surface area contributed by atoms with Gasteiger partial charge in [0.2, 0.25) is 0 Å². The Hall–Kier alpha value is -2.53. The van der Waals surface area contributed by atoms with Crippen molar-refractivity contribution in [1.82, 2.24) is 4.90 Å². The number of likely N-dealkylation sites (tertiary alicyclic amines) is 1. The fourth-order valence-corrected chi connectivity index (χ4v) is 3.68. The molecular weight excluding hydrogens is 340 g/mol. The molecule has 0 radical (unpaired) electrons. The van der Waals surface area contributed by atoms with Crippen LogP contribution >= 0.6 is 0 Å². The maximum Gasteiger partial charge on any atom is 0.506 e. The number of hydrogen-bond acceptors (Lipinski definition) is 4. The molecule has 3 rings (SSSR count). The number of rotatable bonds is 8. The Kier molecular flexibility index (Phi) is 7.11. The highest BCUT2D eigenvalue weighted by molar-refractivity contribution is 5.62. The Labute approximate surface area is 161 Å². The normalized spacial score (nSPS) is 17.4. The molecule has 0 bridgehead atoms. The fourth-order valence-electron chi connectivity index (χ4n) is 3.68. The summed E-state index contributed by atoms with van der Waals surface area (Å²) in [7, 11) is 0. The monoisotopic (exact) mass is 368 g/mol. The van der Waals surface area contributed by atoms with Crippen LogP contribution in [0.2, 0.25) is 0 Å². The van der Waals surface area contributed by atoms with Crippen LogP contribution in [0.1, 0.15) is 25.7 Å². The molecule has 0 aromatic heterocycles. The molecule has 5 heteroatoms. The molecule has 1 N–H and O–H groups in total. The summed E-state index contributed by atoms with van der Waals surface area (Å²) in [6.07, 6.45) is 2.64. The minimum absolute atomic E-state index is 0.179. The van der Waals surface area contributed by atoms with E-state index in [9.17, 15) is 4.79 Å². The maximum absolute atomic E-state index is 10.7. The van der Waals surface area contributed by atoms with E-state index in [1.165, 1.54) is 11.4 Å². The molecule has 0 saturated carbocycles. The van der Waals surface area contributed by atoms with Gasteiger partial charge in [0.25, 0.3) is 0 Å². The molecular formula is C22H28N2O3. The number of carboxylic acid groups (broad SMARTS) is 1. The van der Waals surface area contributed by atoms with E-state index in [0.717, 1.165) is 45.3 Å². The second-order valence-corrected chi connectivity index (χ2v) is 6.98. The van der Waals surface area contributed by atoms with Crippen molar-refractivity contribution < 1.29 is 14.6 Å². The summed E-state index contributed by atoms with van der Waals surface area (Å²) >= 11 is 0. The molecule has 1 fully saturated rings. The van der Waals surface area contributed by atoms with Crippen LogP contribution in [-0.4, -0.2) is 48.4 Å². The summed E-state index contributed by atoms with van der Waals surface area (Å²) in [4.78, 5) is 15.4. The van der Waals surface area contributed by atoms with Crippen LogP contribution in [-0.2, 0) is 4.74 Å². The second-order valence-electron chi connectivity index (χ2n) is 6.98. The number of ether oxygens (including phenoxy) is 1. The Morgan fingerprint density at radius 1 is 1.04 bits per heavy atom. The van der Waals surface area contributed by atoms with Crippen LogP contribution in [0.3, 0.4) is 0 Å². The first-order chi connectivity index (χ1) is 13.2. The molecule has 2 aromatic carbocycles. The molecule has 2 aromatic rings. The third kappa shape index (κ3) is 6.00. The lowest BCUT2D eigenvalue weighted by atomic mass is 10.1. The van der Waals surface area contributed by atoms with Crippen molar-refractivity contribution in [2.75, 3.05) is 31.1 Å². The molecule has 1 aliphatic heterocycles. The molecule has 1 saturated heterocycles. The predicted molar refractivity (Wildman–Crippen MR) is 108 cm³/mol. The molecule has 0 aliphatic carbocycles. The molecule has 1 atom stereocenters. The highest BCUT2D eigenvalue weighted by Gasteiger charge is 2.22. The largest absolute Gasteiger partial charge is 0.506 e. The van der Waals surface area contributed by atoms with Gasteiger partial charge < -0.3 is 14.7 Å². The van der Waals surface area contributed by atoms with Crippen molar-refractivity contribution >= 4 is 17.5 Å². The number of carbonyl (C=O) groups is 1. The van der Waals surface area contributed by atoms with Gasteiger partial charge in [-0.15, -0.1) is 0 Å². The Morgan fingerprint density at radius 2 is 1.67 bits per heavy atom. The van der Waals surface area contributed by atoms with Crippen molar-refractivity contribution in [2.45, 2.75) is 31.8 Å². The van der Waals surface area contributed by atoms with Crippen molar-refractivity contribution in [3.05, 3.63) is 60.7 Å². The van der Waals surface area contributed by atoms with Crippen molar-refractivity contribution in [2.24, 2.45) is 0 Å². The number of benzene rings is 2. The lowest BCUT2D eigenvalue weighted by Gasteiger charge is -2.32. The van der Waals surface area contributed by atoms with E-state index >= 15 is 0 Å². The molecule has 0 amide bonds. The van der Waals surface area contributed by atoms with Gasteiger partial charge in [0.1, 0.15) is 6.10 Å². The molecule has 1 heterocycles. The topological polar surface area (TPSA) is 53.0 Å². The third-order valence-electron chi connectivity index (χ3n) is 4.97. The zero-order valence-electron chi connectivity index (χ0n) is 15.7. The first-order valence-corrected chi connectivity index (χ1v) is 9.72. The van der Waals surface area contributed by atoms with Gasteiger partial charge in [0.15, 0.2) is 0 Å². The first kappa shape index (κ1) is 19.2. The number of piperidine rings is 1. The van der Waals surface area contributed by atoms with Gasteiger partial charge in [-0.1, -0.05) is 36.4 Å². The van der Waals surface area contributed by atoms with Gasteiger partial charge in [-0.25, -0.2) is 4.79 Å². The van der Waals surface area contributed by atoms with Crippen LogP contribution in [0.25, 0.3) is 0 Å². The third-order valence-corrected chi connectivity index (χ3v) is 4.97. The van der Waals surface area contributed by atoms with Gasteiger partial charge in [-0.2, -0.15) is 0 Å². The molecule has 1 aliphatic rings. The highest BCUT2D eigenvalue weighted by Crippen LogP contribution is 2.25. The van der Waals surface area contributed by atoms with E-state index in [0.29, 0.717) is 6.54 Å². The van der Waals surface area contributed by atoms with Crippen molar-refractivity contribution in [3.8, 4) is 0 Å². The molecule has 5 nitrogen and oxygen atoms in total. The average Bonchev–Trinajstić information content (AvgIpc) is 2.69. The average molecular weight is 368 g/mol. The van der Waals surface area contributed by atoms with Crippen LogP contribution in [0.15, 0.2) is 60.7 Å². The minimum Gasteiger partial charge on any atom is -0.450 e. The first-order valence-electron chi connectivity index (χ1n) is 9.72. The second kappa shape index (κ2) is 9.97. The van der Waals surface area contributed by atoms with E-state index in [4.69, 9.17) is 9.84 Å². The lowest BCUT2D eigenvalue weighted by molar-refractivity contribution is 0.0133. The summed E-state index contributed by atoms with van der Waals surface area (Å²) in [5.74, 6) is 0. The zero-order valence-corrected chi connectivity index (χ0v) is 15.7. The molecule has 0 spiro atoms. The van der Waals surface area contributed by atoms with Crippen LogP contribution in [0.4, 0.5) is 16.2 Å². The molecule has 27 heavy (non-hydrogen) atoms. The van der Waals surface area contributed by atoms with Gasteiger partial charge >= 0.3 is 6.16 Å². The van der Waals surface area contributed by atoms with Gasteiger partial charge in [0, 0.05) is 24.5 Å². The van der Waals surface area contributed by atoms with Crippen LogP contribution < -0.4 is 4.90 Å². The van der Waals surface area contributed by atoms with Crippen molar-refractivity contribution in [1.29, 1.82) is 0 Å². The number of anilines is 2. The van der Waals surface area contributed by atoms with Gasteiger partial charge in [-0.05, 0) is 63.0 Å². The number of unbranched alkanes of at least 4 members (excludes halogenated alkanes) is 1. The Balaban J connectivity index is 1.50. The Morgan fingerprint density at radius 3 is 2.26 bits per heavy atom. The fraction of sp³-hybridized carbons (Fsp3) is 0.409. The highest BCUT2D eigenvalue weighted by atomic mass is 16.7. The van der Waals surface area contributed by atoms with E-state index < -0.39 is 6.16 Å². The van der Waals surface area contributed by atoms with E-state index in [1.54, 1.807) is 0 Å². The maximum atomic E-state index is 10.7. The number of para-hydroxylation sites is 2. The number of nitrogens with zero attached hydrogens (tertiary/aromatic N) is 2.